The van der Waals surface area contributed by atoms with E-state index in [0.717, 1.165) is 17.3 Å². The van der Waals surface area contributed by atoms with Crippen LogP contribution in [-0.4, -0.2) is 41.3 Å². The third-order valence-corrected chi connectivity index (χ3v) is 8.85. The lowest BCUT2D eigenvalue weighted by Gasteiger charge is -2.14. The van der Waals surface area contributed by atoms with Gasteiger partial charge in [0.1, 0.15) is 15.4 Å². The largest absolute Gasteiger partial charge is 0.433 e. The van der Waals surface area contributed by atoms with E-state index < -0.39 is 23.7 Å². The van der Waals surface area contributed by atoms with Crippen LogP contribution < -0.4 is 11.1 Å². The van der Waals surface area contributed by atoms with E-state index in [2.05, 4.69) is 20.5 Å². The van der Waals surface area contributed by atoms with Crippen LogP contribution in [-0.2, 0) is 19.3 Å². The number of hydrogen-bond acceptors (Lipinski definition) is 7. The number of pyridine rings is 2. The molecule has 14 heteroatoms. The Labute approximate surface area is 258 Å². The van der Waals surface area contributed by atoms with E-state index in [9.17, 15) is 22.8 Å². The number of fused-ring (bicyclic) bond motifs is 2. The van der Waals surface area contributed by atoms with E-state index in [-0.39, 0.29) is 31.9 Å². The van der Waals surface area contributed by atoms with Gasteiger partial charge < -0.3 is 11.1 Å². The molecule has 0 aliphatic heterocycles. The number of carbonyl (C=O) groups is 2. The molecule has 6 rings (SSSR count). The molecule has 0 spiro atoms. The van der Waals surface area contributed by atoms with Gasteiger partial charge >= 0.3 is 6.18 Å². The van der Waals surface area contributed by atoms with Gasteiger partial charge in [-0.15, -0.1) is 11.3 Å². The summed E-state index contributed by atoms with van der Waals surface area (Å²) >= 11 is 0.687. The van der Waals surface area contributed by atoms with Crippen LogP contribution in [0.25, 0.3) is 43.5 Å². The number of nitrogens with zero attached hydrogens (tertiary/aromatic N) is 6. The normalized spacial score (nSPS) is 11.9. The molecule has 0 radical (unpaired) electrons. The number of anilines is 1. The molecule has 6 aromatic rings. The second kappa shape index (κ2) is 11.1. The minimum atomic E-state index is -4.77. The van der Waals surface area contributed by atoms with Crippen molar-refractivity contribution in [2.45, 2.75) is 47.0 Å². The number of thiophene rings is 1. The number of rotatable bonds is 7. The number of aryl methyl sites for hydroxylation is 2. The minimum Gasteiger partial charge on any atom is -0.365 e. The quantitative estimate of drug-likeness (QED) is 0.204. The molecule has 0 fully saturated rings. The molecule has 5 heterocycles. The molecule has 3 N–H and O–H groups in total. The van der Waals surface area contributed by atoms with E-state index in [1.54, 1.807) is 48.1 Å². The van der Waals surface area contributed by atoms with Gasteiger partial charge in [0.15, 0.2) is 0 Å². The number of amides is 2. The Morgan fingerprint density at radius 2 is 1.58 bits per heavy atom. The average molecular weight is 633 g/mol. The standard InChI is InChI=1S/C31H27F3N8O2S/c1-5-41-15(3)20(13-36-41)18-12-24(31(32,33)34)39-30-25(18)26(27(45-30)28(35)43)40-29(44)19-11-23(21-14-37-42(6-2)16(21)4)38-22-10-8-7-9-17(19)22/h7-14H,5-6H2,1-4H3,(H2,35,43)(H,40,44). The molecule has 0 saturated carbocycles. The van der Waals surface area contributed by atoms with Gasteiger partial charge in [0.05, 0.1) is 34.9 Å². The van der Waals surface area contributed by atoms with Crippen molar-refractivity contribution < 1.29 is 22.8 Å². The van der Waals surface area contributed by atoms with Crippen molar-refractivity contribution >= 4 is 50.0 Å². The summed E-state index contributed by atoms with van der Waals surface area (Å²) < 4.78 is 45.5. The molecule has 0 saturated heterocycles. The van der Waals surface area contributed by atoms with Crippen molar-refractivity contribution in [1.29, 1.82) is 0 Å². The van der Waals surface area contributed by atoms with Crippen molar-refractivity contribution in [2.24, 2.45) is 5.73 Å². The van der Waals surface area contributed by atoms with Crippen molar-refractivity contribution in [3.63, 3.8) is 0 Å². The zero-order valence-electron chi connectivity index (χ0n) is 24.7. The summed E-state index contributed by atoms with van der Waals surface area (Å²) in [5.74, 6) is -1.53. The lowest BCUT2D eigenvalue weighted by atomic mass is 10.0. The Morgan fingerprint density at radius 3 is 2.20 bits per heavy atom. The molecular weight excluding hydrogens is 605 g/mol. The Morgan fingerprint density at radius 1 is 0.933 bits per heavy atom. The number of para-hydroxylation sites is 1. The van der Waals surface area contributed by atoms with Gasteiger partial charge in [0.25, 0.3) is 11.8 Å². The molecule has 0 aliphatic carbocycles. The average Bonchev–Trinajstić information content (AvgIpc) is 3.69. The minimum absolute atomic E-state index is 0.0233. The number of nitrogens with two attached hydrogens (primary N) is 1. The predicted octanol–water partition coefficient (Wildman–Crippen LogP) is 6.60. The summed E-state index contributed by atoms with van der Waals surface area (Å²) in [6.07, 6.45) is -1.62. The second-order valence-electron chi connectivity index (χ2n) is 10.3. The zero-order chi connectivity index (χ0) is 32.2. The lowest BCUT2D eigenvalue weighted by molar-refractivity contribution is -0.140. The van der Waals surface area contributed by atoms with E-state index in [1.165, 1.54) is 6.20 Å². The lowest BCUT2D eigenvalue weighted by Crippen LogP contribution is -2.17. The van der Waals surface area contributed by atoms with Gasteiger partial charge in [-0.05, 0) is 51.5 Å². The summed E-state index contributed by atoms with van der Waals surface area (Å²) in [5, 5.41) is 12.2. The SMILES string of the molecule is CCn1ncc(-c2cc(C(=O)Nc3c(C(N)=O)sc4nc(C(F)(F)F)cc(-c5cnn(CC)c5C)c34)c3ccccc3n2)c1C. The highest BCUT2D eigenvalue weighted by atomic mass is 32.1. The van der Waals surface area contributed by atoms with Crippen LogP contribution in [0, 0.1) is 13.8 Å². The molecule has 0 bridgehead atoms. The van der Waals surface area contributed by atoms with Gasteiger partial charge in [-0.2, -0.15) is 23.4 Å². The highest BCUT2D eigenvalue weighted by Gasteiger charge is 2.35. The number of primary amides is 1. The fourth-order valence-electron chi connectivity index (χ4n) is 5.48. The van der Waals surface area contributed by atoms with E-state index >= 15 is 0 Å². The van der Waals surface area contributed by atoms with Crippen LogP contribution in [0.4, 0.5) is 18.9 Å². The predicted molar refractivity (Wildman–Crippen MR) is 166 cm³/mol. The number of hydrogen-bond donors (Lipinski definition) is 2. The fourth-order valence-corrected chi connectivity index (χ4v) is 6.48. The fraction of sp³-hybridized carbons (Fsp3) is 0.226. The molecule has 0 atom stereocenters. The Hall–Kier alpha value is -5.11. The van der Waals surface area contributed by atoms with Gasteiger partial charge in [-0.25, -0.2) is 9.97 Å². The maximum absolute atomic E-state index is 14.1. The third kappa shape index (κ3) is 5.10. The van der Waals surface area contributed by atoms with Crippen LogP contribution in [0.2, 0.25) is 0 Å². The summed E-state index contributed by atoms with van der Waals surface area (Å²) in [6, 6.07) is 9.64. The van der Waals surface area contributed by atoms with E-state index in [0.29, 0.717) is 52.3 Å². The summed E-state index contributed by atoms with van der Waals surface area (Å²) in [4.78, 5) is 35.2. The Kier molecular flexibility index (Phi) is 7.39. The zero-order valence-corrected chi connectivity index (χ0v) is 25.5. The molecule has 2 amide bonds. The maximum Gasteiger partial charge on any atom is 0.433 e. The monoisotopic (exact) mass is 632 g/mol. The molecule has 0 unspecified atom stereocenters. The summed E-state index contributed by atoms with van der Waals surface area (Å²) in [7, 11) is 0. The first-order valence-corrected chi connectivity index (χ1v) is 14.9. The summed E-state index contributed by atoms with van der Waals surface area (Å²) in [5.41, 5.74) is 8.59. The number of aromatic nitrogens is 6. The molecule has 10 nitrogen and oxygen atoms in total. The van der Waals surface area contributed by atoms with Gasteiger partial charge in [0, 0.05) is 46.4 Å². The smallest absolute Gasteiger partial charge is 0.365 e. The second-order valence-corrected chi connectivity index (χ2v) is 11.3. The molecule has 1 aromatic carbocycles. The first-order valence-electron chi connectivity index (χ1n) is 14.0. The topological polar surface area (TPSA) is 134 Å². The molecular formula is C31H27F3N8O2S. The highest BCUT2D eigenvalue weighted by molar-refractivity contribution is 7.21. The van der Waals surface area contributed by atoms with Crippen molar-refractivity contribution in [2.75, 3.05) is 5.32 Å². The van der Waals surface area contributed by atoms with Crippen molar-refractivity contribution in [3.05, 3.63) is 76.3 Å². The van der Waals surface area contributed by atoms with Gasteiger partial charge in [0.2, 0.25) is 0 Å². The third-order valence-electron chi connectivity index (χ3n) is 7.75. The van der Waals surface area contributed by atoms with Gasteiger partial charge in [-0.3, -0.25) is 19.0 Å². The molecule has 230 valence electrons. The molecule has 5 aromatic heterocycles. The first-order chi connectivity index (χ1) is 21.4. The van der Waals surface area contributed by atoms with Crippen LogP contribution >= 0.6 is 11.3 Å². The van der Waals surface area contributed by atoms with Crippen LogP contribution in [0.15, 0.2) is 48.8 Å². The van der Waals surface area contributed by atoms with Crippen molar-refractivity contribution in [3.8, 4) is 22.4 Å². The Balaban J connectivity index is 1.57. The number of alkyl halides is 3. The van der Waals surface area contributed by atoms with E-state index in [4.69, 9.17) is 10.7 Å². The van der Waals surface area contributed by atoms with Crippen LogP contribution in [0.3, 0.4) is 0 Å². The van der Waals surface area contributed by atoms with Crippen molar-refractivity contribution in [1.82, 2.24) is 29.5 Å². The highest BCUT2D eigenvalue weighted by Crippen LogP contribution is 2.44. The van der Waals surface area contributed by atoms with Crippen LogP contribution in [0.1, 0.15) is 51.0 Å². The number of carbonyl (C=O) groups excluding carboxylic acids is 2. The number of nitrogens with one attached hydrogen (secondary N) is 1. The Bertz CT molecular complexity index is 2140. The summed E-state index contributed by atoms with van der Waals surface area (Å²) in [6.45, 7) is 8.60. The molecule has 0 aliphatic rings. The molecule has 45 heavy (non-hydrogen) atoms. The first kappa shape index (κ1) is 29.9. The maximum atomic E-state index is 14.1. The van der Waals surface area contributed by atoms with Crippen LogP contribution in [0.5, 0.6) is 0 Å². The van der Waals surface area contributed by atoms with E-state index in [1.807, 2.05) is 25.5 Å². The number of benzene rings is 1. The number of halogens is 3. The van der Waals surface area contributed by atoms with Gasteiger partial charge in [-0.1, -0.05) is 18.2 Å².